The van der Waals surface area contributed by atoms with E-state index in [0.717, 1.165) is 43.4 Å². The second kappa shape index (κ2) is 12.2. The van der Waals surface area contributed by atoms with Crippen LogP contribution in [-0.4, -0.2) is 29.2 Å². The predicted molar refractivity (Wildman–Crippen MR) is 133 cm³/mol. The SMILES string of the molecule is CCOC(=O)c1c(NC(=O)CCSc2nc(C(C)C)ccc2C#N)sc2c1CCCCCC2. The molecule has 3 rings (SSSR count). The van der Waals surface area contributed by atoms with Crippen molar-refractivity contribution in [2.24, 2.45) is 0 Å². The van der Waals surface area contributed by atoms with E-state index in [-0.39, 0.29) is 24.2 Å². The lowest BCUT2D eigenvalue weighted by Gasteiger charge is -2.11. The highest BCUT2D eigenvalue weighted by Crippen LogP contribution is 2.37. The molecule has 0 radical (unpaired) electrons. The van der Waals surface area contributed by atoms with Crippen LogP contribution in [0.3, 0.4) is 0 Å². The third kappa shape index (κ3) is 6.58. The summed E-state index contributed by atoms with van der Waals surface area (Å²) in [5.74, 6) is 0.254. The number of hydrogen-bond donors (Lipinski definition) is 1. The van der Waals surface area contributed by atoms with Gasteiger partial charge < -0.3 is 10.1 Å². The predicted octanol–water partition coefficient (Wildman–Crippen LogP) is 6.09. The molecule has 2 aromatic heterocycles. The summed E-state index contributed by atoms with van der Waals surface area (Å²) in [7, 11) is 0. The monoisotopic (exact) mass is 485 g/mol. The van der Waals surface area contributed by atoms with Gasteiger partial charge in [0.2, 0.25) is 5.91 Å². The molecule has 1 amide bonds. The molecule has 33 heavy (non-hydrogen) atoms. The van der Waals surface area contributed by atoms with Crippen LogP contribution in [0.2, 0.25) is 0 Å². The Bertz CT molecular complexity index is 1040. The number of fused-ring (bicyclic) bond motifs is 1. The first kappa shape index (κ1) is 25.3. The van der Waals surface area contributed by atoms with Gasteiger partial charge in [0, 0.05) is 22.7 Å². The molecule has 0 unspecified atom stereocenters. The van der Waals surface area contributed by atoms with Crippen molar-refractivity contribution in [3.63, 3.8) is 0 Å². The molecule has 2 aromatic rings. The molecule has 0 aliphatic heterocycles. The van der Waals surface area contributed by atoms with Gasteiger partial charge >= 0.3 is 5.97 Å². The van der Waals surface area contributed by atoms with Crippen molar-refractivity contribution >= 4 is 40.0 Å². The van der Waals surface area contributed by atoms with Gasteiger partial charge in [-0.1, -0.05) is 26.7 Å². The smallest absolute Gasteiger partial charge is 0.341 e. The van der Waals surface area contributed by atoms with E-state index in [1.54, 1.807) is 13.0 Å². The molecule has 1 N–H and O–H groups in total. The number of nitrogens with one attached hydrogen (secondary N) is 1. The van der Waals surface area contributed by atoms with Crippen LogP contribution >= 0.6 is 23.1 Å². The van der Waals surface area contributed by atoms with E-state index in [4.69, 9.17) is 4.74 Å². The summed E-state index contributed by atoms with van der Waals surface area (Å²) in [4.78, 5) is 31.3. The number of amides is 1. The van der Waals surface area contributed by atoms with Crippen LogP contribution in [-0.2, 0) is 22.4 Å². The Morgan fingerprint density at radius 2 is 2.00 bits per heavy atom. The fraction of sp³-hybridized carbons (Fsp3) is 0.520. The summed E-state index contributed by atoms with van der Waals surface area (Å²) in [6.07, 6.45) is 6.55. The van der Waals surface area contributed by atoms with Crippen LogP contribution in [0.1, 0.15) is 90.8 Å². The first-order valence-electron chi connectivity index (χ1n) is 11.6. The number of thioether (sulfide) groups is 1. The van der Waals surface area contributed by atoms with E-state index in [0.29, 0.717) is 33.5 Å². The molecule has 0 saturated carbocycles. The molecular weight excluding hydrogens is 454 g/mol. The number of nitrogens with zero attached hydrogens (tertiary/aromatic N) is 2. The summed E-state index contributed by atoms with van der Waals surface area (Å²) in [5, 5.41) is 13.6. The van der Waals surface area contributed by atoms with Crippen LogP contribution in [0, 0.1) is 11.3 Å². The minimum absolute atomic E-state index is 0.152. The molecule has 176 valence electrons. The van der Waals surface area contributed by atoms with Crippen LogP contribution < -0.4 is 5.32 Å². The molecule has 8 heteroatoms. The van der Waals surface area contributed by atoms with Crippen molar-refractivity contribution in [2.75, 3.05) is 17.7 Å². The molecule has 0 saturated heterocycles. The van der Waals surface area contributed by atoms with Crippen molar-refractivity contribution in [2.45, 2.75) is 76.7 Å². The van der Waals surface area contributed by atoms with E-state index in [1.807, 2.05) is 6.07 Å². The molecule has 2 heterocycles. The molecule has 1 aliphatic carbocycles. The fourth-order valence-electron chi connectivity index (χ4n) is 3.83. The number of anilines is 1. The second-order valence-corrected chi connectivity index (χ2v) is 10.5. The van der Waals surface area contributed by atoms with Crippen molar-refractivity contribution in [3.8, 4) is 6.07 Å². The van der Waals surface area contributed by atoms with Crippen molar-refractivity contribution < 1.29 is 14.3 Å². The quantitative estimate of drug-likeness (QED) is 0.359. The number of thiophene rings is 1. The molecule has 0 aromatic carbocycles. The Morgan fingerprint density at radius 3 is 2.70 bits per heavy atom. The summed E-state index contributed by atoms with van der Waals surface area (Å²) in [6.45, 7) is 6.21. The highest BCUT2D eigenvalue weighted by molar-refractivity contribution is 7.99. The largest absolute Gasteiger partial charge is 0.462 e. The zero-order valence-corrected chi connectivity index (χ0v) is 21.2. The number of carbonyl (C=O) groups is 2. The van der Waals surface area contributed by atoms with Gasteiger partial charge in [0.15, 0.2) is 0 Å². The molecule has 0 fully saturated rings. The van der Waals surface area contributed by atoms with Gasteiger partial charge in [0.05, 0.1) is 17.7 Å². The van der Waals surface area contributed by atoms with Gasteiger partial charge in [-0.25, -0.2) is 9.78 Å². The maximum atomic E-state index is 12.8. The summed E-state index contributed by atoms with van der Waals surface area (Å²) >= 11 is 2.92. The van der Waals surface area contributed by atoms with E-state index in [9.17, 15) is 14.9 Å². The molecule has 1 aliphatic rings. The number of nitriles is 1. The standard InChI is InChI=1S/C25H31N3O3S2/c1-4-31-25(30)22-18-9-7-5-6-8-10-20(18)33-24(22)28-21(29)13-14-32-23-17(15-26)11-12-19(27-23)16(2)3/h11-12,16H,4-10,13-14H2,1-3H3,(H,28,29). The van der Waals surface area contributed by atoms with Gasteiger partial charge in [-0.3, -0.25) is 4.79 Å². The lowest BCUT2D eigenvalue weighted by Crippen LogP contribution is -2.15. The summed E-state index contributed by atoms with van der Waals surface area (Å²) in [5.41, 5.74) is 3.04. The number of esters is 1. The number of hydrogen-bond acceptors (Lipinski definition) is 7. The minimum atomic E-state index is -0.353. The lowest BCUT2D eigenvalue weighted by molar-refractivity contribution is -0.115. The second-order valence-electron chi connectivity index (χ2n) is 8.34. The van der Waals surface area contributed by atoms with Crippen molar-refractivity contribution in [1.82, 2.24) is 4.98 Å². The van der Waals surface area contributed by atoms with Gasteiger partial charge in [-0.05, 0) is 56.2 Å². The van der Waals surface area contributed by atoms with Crippen molar-refractivity contribution in [1.29, 1.82) is 5.26 Å². The Labute approximate surface area is 204 Å². The highest BCUT2D eigenvalue weighted by Gasteiger charge is 2.26. The average Bonchev–Trinajstić information content (AvgIpc) is 3.09. The van der Waals surface area contributed by atoms with Crippen LogP contribution in [0.5, 0.6) is 0 Å². The van der Waals surface area contributed by atoms with Gasteiger partial charge in [-0.15, -0.1) is 23.1 Å². The normalized spacial score (nSPS) is 13.5. The number of aryl methyl sites for hydroxylation is 1. The number of rotatable bonds is 8. The number of pyridine rings is 1. The zero-order valence-electron chi connectivity index (χ0n) is 19.5. The zero-order chi connectivity index (χ0) is 23.8. The fourth-order valence-corrected chi connectivity index (χ4v) is 6.04. The van der Waals surface area contributed by atoms with Gasteiger partial charge in [0.1, 0.15) is 16.1 Å². The summed E-state index contributed by atoms with van der Waals surface area (Å²) in [6, 6.07) is 5.84. The van der Waals surface area contributed by atoms with Gasteiger partial charge in [0.25, 0.3) is 0 Å². The Morgan fingerprint density at radius 1 is 1.24 bits per heavy atom. The molecule has 0 bridgehead atoms. The van der Waals surface area contributed by atoms with E-state index in [2.05, 4.69) is 30.2 Å². The minimum Gasteiger partial charge on any atom is -0.462 e. The van der Waals surface area contributed by atoms with Crippen LogP contribution in [0.15, 0.2) is 17.2 Å². The first-order chi connectivity index (χ1) is 15.9. The maximum absolute atomic E-state index is 12.8. The summed E-state index contributed by atoms with van der Waals surface area (Å²) < 4.78 is 5.32. The van der Waals surface area contributed by atoms with Gasteiger partial charge in [-0.2, -0.15) is 5.26 Å². The van der Waals surface area contributed by atoms with Crippen molar-refractivity contribution in [3.05, 3.63) is 39.4 Å². The maximum Gasteiger partial charge on any atom is 0.341 e. The highest BCUT2D eigenvalue weighted by atomic mass is 32.2. The molecule has 6 nitrogen and oxygen atoms in total. The van der Waals surface area contributed by atoms with E-state index < -0.39 is 0 Å². The molecular formula is C25H31N3O3S2. The molecule has 0 spiro atoms. The van der Waals surface area contributed by atoms with E-state index >= 15 is 0 Å². The average molecular weight is 486 g/mol. The number of ether oxygens (including phenoxy) is 1. The van der Waals surface area contributed by atoms with E-state index in [1.165, 1.54) is 34.4 Å². The Balaban J connectivity index is 1.70. The third-order valence-electron chi connectivity index (χ3n) is 5.57. The Hall–Kier alpha value is -2.37. The van der Waals surface area contributed by atoms with Crippen LogP contribution in [0.4, 0.5) is 5.00 Å². The topological polar surface area (TPSA) is 92.1 Å². The lowest BCUT2D eigenvalue weighted by atomic mass is 9.96. The Kier molecular flexibility index (Phi) is 9.33. The number of aromatic nitrogens is 1. The first-order valence-corrected chi connectivity index (χ1v) is 13.4. The van der Waals surface area contributed by atoms with Crippen LogP contribution in [0.25, 0.3) is 0 Å². The third-order valence-corrected chi connectivity index (χ3v) is 7.77. The molecule has 0 atom stereocenters. The number of carbonyl (C=O) groups excluding carboxylic acids is 2.